The number of carbonyl (C=O) groups excluding carboxylic acids is 2. The number of ether oxygens (including phenoxy) is 1. The Morgan fingerprint density at radius 3 is 2.50 bits per heavy atom. The lowest BCUT2D eigenvalue weighted by molar-refractivity contribution is -0.142. The predicted octanol–water partition coefficient (Wildman–Crippen LogP) is -1.07. The Balaban J connectivity index is 3.35. The lowest BCUT2D eigenvalue weighted by atomic mass is 10.3. The Kier molecular flexibility index (Phi) is 4.23. The second kappa shape index (κ2) is 4.75. The molecular weight excluding hydrogens is 136 g/mol. The summed E-state index contributed by atoms with van der Waals surface area (Å²) in [7, 11) is 1.27. The van der Waals surface area contributed by atoms with Crippen LogP contribution in [0.4, 0.5) is 0 Å². The normalized spacial score (nSPS) is 8.60. The zero-order chi connectivity index (χ0) is 7.98. The van der Waals surface area contributed by atoms with Crippen molar-refractivity contribution in [2.45, 2.75) is 12.8 Å². The van der Waals surface area contributed by atoms with Crippen molar-refractivity contribution in [1.82, 2.24) is 5.43 Å². The van der Waals surface area contributed by atoms with Gasteiger partial charge in [-0.3, -0.25) is 15.0 Å². The van der Waals surface area contributed by atoms with Crippen LogP contribution in [-0.2, 0) is 14.3 Å². The van der Waals surface area contributed by atoms with E-state index >= 15 is 0 Å². The van der Waals surface area contributed by atoms with Gasteiger partial charge in [-0.1, -0.05) is 0 Å². The molecule has 0 radical (unpaired) electrons. The molecular formula is C5H10N2O3. The summed E-state index contributed by atoms with van der Waals surface area (Å²) in [5.41, 5.74) is 1.90. The van der Waals surface area contributed by atoms with Crippen molar-refractivity contribution in [2.75, 3.05) is 7.11 Å². The van der Waals surface area contributed by atoms with Crippen molar-refractivity contribution >= 4 is 11.9 Å². The highest BCUT2D eigenvalue weighted by Gasteiger charge is 2.03. The van der Waals surface area contributed by atoms with Crippen molar-refractivity contribution < 1.29 is 14.3 Å². The number of hydrogen-bond donors (Lipinski definition) is 2. The number of nitrogens with two attached hydrogens (primary N) is 1. The Morgan fingerprint density at radius 1 is 1.50 bits per heavy atom. The third-order valence-electron chi connectivity index (χ3n) is 0.945. The van der Waals surface area contributed by atoms with Crippen LogP contribution in [-0.4, -0.2) is 19.0 Å². The minimum Gasteiger partial charge on any atom is -0.469 e. The first kappa shape index (κ1) is 8.90. The molecule has 0 saturated carbocycles. The van der Waals surface area contributed by atoms with E-state index in [1.807, 2.05) is 5.43 Å². The van der Waals surface area contributed by atoms with E-state index < -0.39 is 5.97 Å². The second-order valence-corrected chi connectivity index (χ2v) is 1.64. The first-order valence-corrected chi connectivity index (χ1v) is 2.77. The summed E-state index contributed by atoms with van der Waals surface area (Å²) < 4.78 is 4.29. The van der Waals surface area contributed by atoms with Crippen LogP contribution in [0.5, 0.6) is 0 Å². The summed E-state index contributed by atoms with van der Waals surface area (Å²) >= 11 is 0. The molecule has 3 N–H and O–H groups in total. The molecule has 0 aromatic heterocycles. The second-order valence-electron chi connectivity index (χ2n) is 1.64. The SMILES string of the molecule is COC(=O)CCC(=O)NN. The van der Waals surface area contributed by atoms with E-state index in [9.17, 15) is 9.59 Å². The van der Waals surface area contributed by atoms with Gasteiger partial charge in [0.1, 0.15) is 0 Å². The van der Waals surface area contributed by atoms with Crippen LogP contribution in [0.15, 0.2) is 0 Å². The van der Waals surface area contributed by atoms with Crippen LogP contribution in [0.1, 0.15) is 12.8 Å². The Hall–Kier alpha value is -1.10. The summed E-state index contributed by atoms with van der Waals surface area (Å²) in [6.45, 7) is 0. The number of amides is 1. The van der Waals surface area contributed by atoms with Crippen molar-refractivity contribution in [3.8, 4) is 0 Å². The largest absolute Gasteiger partial charge is 0.469 e. The fourth-order valence-corrected chi connectivity index (χ4v) is 0.390. The van der Waals surface area contributed by atoms with Gasteiger partial charge in [-0.15, -0.1) is 0 Å². The van der Waals surface area contributed by atoms with Crippen LogP contribution in [0.2, 0.25) is 0 Å². The Labute approximate surface area is 58.5 Å². The van der Waals surface area contributed by atoms with Crippen LogP contribution in [0, 0.1) is 0 Å². The lowest BCUT2D eigenvalue weighted by Crippen LogP contribution is -2.30. The van der Waals surface area contributed by atoms with E-state index in [0.29, 0.717) is 0 Å². The summed E-state index contributed by atoms with van der Waals surface area (Å²) in [5, 5.41) is 0. The predicted molar refractivity (Wildman–Crippen MR) is 33.6 cm³/mol. The van der Waals surface area contributed by atoms with Gasteiger partial charge in [0, 0.05) is 6.42 Å². The van der Waals surface area contributed by atoms with Gasteiger partial charge < -0.3 is 4.74 Å². The third kappa shape index (κ3) is 3.85. The highest BCUT2D eigenvalue weighted by atomic mass is 16.5. The minimum absolute atomic E-state index is 0.0690. The molecule has 0 aromatic rings. The first-order chi connectivity index (χ1) is 4.70. The molecule has 0 aliphatic rings. The Bertz CT molecular complexity index is 119. The van der Waals surface area contributed by atoms with Crippen LogP contribution < -0.4 is 11.3 Å². The molecule has 0 saturated heterocycles. The molecule has 0 spiro atoms. The topological polar surface area (TPSA) is 81.4 Å². The number of nitrogens with one attached hydrogen (secondary N) is 1. The number of esters is 1. The molecule has 0 unspecified atom stereocenters. The third-order valence-corrected chi connectivity index (χ3v) is 0.945. The average Bonchev–Trinajstić information content (AvgIpc) is 1.99. The summed E-state index contributed by atoms with van der Waals surface area (Å²) in [6, 6.07) is 0. The fourth-order valence-electron chi connectivity index (χ4n) is 0.390. The molecule has 1 amide bonds. The van der Waals surface area contributed by atoms with Crippen molar-refractivity contribution in [3.63, 3.8) is 0 Å². The van der Waals surface area contributed by atoms with E-state index in [2.05, 4.69) is 4.74 Å². The van der Waals surface area contributed by atoms with E-state index in [4.69, 9.17) is 5.84 Å². The van der Waals surface area contributed by atoms with Gasteiger partial charge >= 0.3 is 5.97 Å². The van der Waals surface area contributed by atoms with E-state index in [1.165, 1.54) is 7.11 Å². The molecule has 0 aliphatic heterocycles. The first-order valence-electron chi connectivity index (χ1n) is 2.77. The van der Waals surface area contributed by atoms with Crippen molar-refractivity contribution in [1.29, 1.82) is 0 Å². The van der Waals surface area contributed by atoms with Gasteiger partial charge in [-0.05, 0) is 0 Å². The van der Waals surface area contributed by atoms with Gasteiger partial charge in [0.25, 0.3) is 0 Å². The van der Waals surface area contributed by atoms with E-state index in [-0.39, 0.29) is 18.7 Å². The average molecular weight is 146 g/mol. The molecule has 0 atom stereocenters. The molecule has 5 heteroatoms. The number of rotatable bonds is 3. The molecule has 0 fully saturated rings. The highest BCUT2D eigenvalue weighted by Crippen LogP contribution is 1.89. The number of hydrazine groups is 1. The minimum atomic E-state index is -0.413. The zero-order valence-corrected chi connectivity index (χ0v) is 5.72. The van der Waals surface area contributed by atoms with Crippen LogP contribution in [0.3, 0.4) is 0 Å². The fraction of sp³-hybridized carbons (Fsp3) is 0.600. The van der Waals surface area contributed by atoms with Crippen LogP contribution in [0.25, 0.3) is 0 Å². The molecule has 58 valence electrons. The lowest BCUT2D eigenvalue weighted by Gasteiger charge is -1.97. The summed E-state index contributed by atoms with van der Waals surface area (Å²) in [6.07, 6.45) is 0.142. The highest BCUT2D eigenvalue weighted by molar-refractivity contribution is 5.80. The molecule has 0 bridgehead atoms. The Morgan fingerprint density at radius 2 is 2.10 bits per heavy atom. The van der Waals surface area contributed by atoms with Gasteiger partial charge in [0.05, 0.1) is 13.5 Å². The molecule has 0 aromatic carbocycles. The number of methoxy groups -OCH3 is 1. The van der Waals surface area contributed by atoms with Gasteiger partial charge in [0.15, 0.2) is 0 Å². The van der Waals surface area contributed by atoms with Crippen molar-refractivity contribution in [3.05, 3.63) is 0 Å². The maximum absolute atomic E-state index is 10.4. The monoisotopic (exact) mass is 146 g/mol. The smallest absolute Gasteiger partial charge is 0.306 e. The zero-order valence-electron chi connectivity index (χ0n) is 5.72. The van der Waals surface area contributed by atoms with E-state index in [0.717, 1.165) is 0 Å². The maximum atomic E-state index is 10.4. The molecule has 0 heterocycles. The molecule has 5 nitrogen and oxygen atoms in total. The van der Waals surface area contributed by atoms with Crippen molar-refractivity contribution in [2.24, 2.45) is 5.84 Å². The quantitative estimate of drug-likeness (QED) is 0.230. The maximum Gasteiger partial charge on any atom is 0.306 e. The molecule has 10 heavy (non-hydrogen) atoms. The van der Waals surface area contributed by atoms with Gasteiger partial charge in [0.2, 0.25) is 5.91 Å². The number of carbonyl (C=O) groups is 2. The molecule has 0 aliphatic carbocycles. The summed E-state index contributed by atoms with van der Waals surface area (Å²) in [4.78, 5) is 20.8. The van der Waals surface area contributed by atoms with Gasteiger partial charge in [-0.25, -0.2) is 5.84 Å². The molecule has 0 rings (SSSR count). The summed E-state index contributed by atoms with van der Waals surface area (Å²) in [5.74, 6) is 3.96. The van der Waals surface area contributed by atoms with Crippen LogP contribution >= 0.6 is 0 Å². The number of hydrogen-bond acceptors (Lipinski definition) is 4. The van der Waals surface area contributed by atoms with E-state index in [1.54, 1.807) is 0 Å². The standard InChI is InChI=1S/C5H10N2O3/c1-10-5(9)3-2-4(8)7-6/h2-3,6H2,1H3,(H,7,8). The van der Waals surface area contributed by atoms with Gasteiger partial charge in [-0.2, -0.15) is 0 Å².